The van der Waals surface area contributed by atoms with Gasteiger partial charge in [0, 0.05) is 12.1 Å². The quantitative estimate of drug-likeness (QED) is 0.912. The van der Waals surface area contributed by atoms with Gasteiger partial charge in [0.05, 0.1) is 0 Å². The van der Waals surface area contributed by atoms with Crippen molar-refractivity contribution in [3.05, 3.63) is 53.1 Å². The molecule has 1 saturated heterocycles. The highest BCUT2D eigenvalue weighted by Gasteiger charge is 2.13. The molecule has 120 valence electrons. The third-order valence-electron chi connectivity index (χ3n) is 4.40. The molecule has 23 heavy (non-hydrogen) atoms. The third kappa shape index (κ3) is 3.54. The smallest absolute Gasteiger partial charge is 0.248 e. The second-order valence-electron chi connectivity index (χ2n) is 6.27. The molecule has 0 spiro atoms. The van der Waals surface area contributed by atoms with Crippen molar-refractivity contribution >= 4 is 5.91 Å². The number of primary amides is 1. The number of aromatic hydroxyl groups is 1. The fourth-order valence-electron chi connectivity index (χ4n) is 3.26. The van der Waals surface area contributed by atoms with Gasteiger partial charge in [0.25, 0.3) is 0 Å². The number of rotatable bonds is 4. The zero-order valence-corrected chi connectivity index (χ0v) is 13.4. The summed E-state index contributed by atoms with van der Waals surface area (Å²) >= 11 is 0. The van der Waals surface area contributed by atoms with Gasteiger partial charge in [-0.3, -0.25) is 9.69 Å². The maximum absolute atomic E-state index is 11.3. The Bertz CT molecular complexity index is 734. The van der Waals surface area contributed by atoms with Crippen LogP contribution in [0.1, 0.15) is 34.3 Å². The van der Waals surface area contributed by atoms with E-state index >= 15 is 0 Å². The van der Waals surface area contributed by atoms with Gasteiger partial charge in [-0.2, -0.15) is 0 Å². The number of nitrogens with two attached hydrogens (primary N) is 1. The van der Waals surface area contributed by atoms with Crippen molar-refractivity contribution in [3.8, 4) is 16.9 Å². The van der Waals surface area contributed by atoms with Crippen LogP contribution in [-0.2, 0) is 6.54 Å². The van der Waals surface area contributed by atoms with Crippen molar-refractivity contribution < 1.29 is 9.90 Å². The molecule has 1 fully saturated rings. The summed E-state index contributed by atoms with van der Waals surface area (Å²) in [4.78, 5) is 13.7. The van der Waals surface area contributed by atoms with Gasteiger partial charge in [0.15, 0.2) is 0 Å². The SMILES string of the molecule is Cc1cc(C(N)=O)ccc1-c1cc(O)cc(CN2CCCC2)c1. The summed E-state index contributed by atoms with van der Waals surface area (Å²) in [5.74, 6) is -0.152. The van der Waals surface area contributed by atoms with Gasteiger partial charge in [-0.05, 0) is 85.4 Å². The van der Waals surface area contributed by atoms with Crippen molar-refractivity contribution in [2.24, 2.45) is 5.73 Å². The number of benzene rings is 2. The number of phenolic OH excluding ortho intramolecular Hbond substituents is 1. The Hall–Kier alpha value is -2.33. The Morgan fingerprint density at radius 2 is 1.91 bits per heavy atom. The molecule has 0 radical (unpaired) electrons. The molecule has 2 aromatic rings. The summed E-state index contributed by atoms with van der Waals surface area (Å²) in [5, 5.41) is 10.1. The normalized spacial score (nSPS) is 15.0. The van der Waals surface area contributed by atoms with Gasteiger partial charge in [0.1, 0.15) is 5.75 Å². The van der Waals surface area contributed by atoms with E-state index in [0.717, 1.165) is 41.9 Å². The van der Waals surface area contributed by atoms with E-state index in [-0.39, 0.29) is 5.75 Å². The van der Waals surface area contributed by atoms with Crippen molar-refractivity contribution in [2.75, 3.05) is 13.1 Å². The minimum atomic E-state index is -0.426. The first-order valence-corrected chi connectivity index (χ1v) is 7.99. The van der Waals surface area contributed by atoms with Crippen molar-refractivity contribution in [1.82, 2.24) is 4.90 Å². The van der Waals surface area contributed by atoms with E-state index in [1.165, 1.54) is 12.8 Å². The summed E-state index contributed by atoms with van der Waals surface area (Å²) < 4.78 is 0. The zero-order valence-electron chi connectivity index (χ0n) is 13.4. The van der Waals surface area contributed by atoms with Gasteiger partial charge in [-0.15, -0.1) is 0 Å². The lowest BCUT2D eigenvalue weighted by molar-refractivity contribution is 0.1000. The van der Waals surface area contributed by atoms with E-state index in [0.29, 0.717) is 5.56 Å². The van der Waals surface area contributed by atoms with E-state index in [4.69, 9.17) is 5.73 Å². The van der Waals surface area contributed by atoms with Gasteiger partial charge in [0.2, 0.25) is 5.91 Å². The number of carbonyl (C=O) groups excluding carboxylic acids is 1. The minimum Gasteiger partial charge on any atom is -0.508 e. The number of phenols is 1. The molecule has 1 aliphatic rings. The molecule has 0 unspecified atom stereocenters. The summed E-state index contributed by atoms with van der Waals surface area (Å²) in [7, 11) is 0. The number of aryl methyl sites for hydroxylation is 1. The maximum Gasteiger partial charge on any atom is 0.248 e. The average Bonchev–Trinajstić information content (AvgIpc) is 2.99. The van der Waals surface area contributed by atoms with Crippen LogP contribution in [0.4, 0.5) is 0 Å². The van der Waals surface area contributed by atoms with Crippen LogP contribution in [0.2, 0.25) is 0 Å². The number of carbonyl (C=O) groups is 1. The fourth-order valence-corrected chi connectivity index (χ4v) is 3.26. The van der Waals surface area contributed by atoms with Crippen LogP contribution < -0.4 is 5.73 Å². The molecule has 0 saturated carbocycles. The Labute approximate surface area is 136 Å². The lowest BCUT2D eigenvalue weighted by atomic mass is 9.96. The molecule has 1 aliphatic heterocycles. The van der Waals surface area contributed by atoms with Gasteiger partial charge in [-0.1, -0.05) is 6.07 Å². The molecule has 3 rings (SSSR count). The number of hydrogen-bond donors (Lipinski definition) is 2. The predicted octanol–water partition coefficient (Wildman–Crippen LogP) is 3.06. The van der Waals surface area contributed by atoms with Crippen molar-refractivity contribution in [2.45, 2.75) is 26.3 Å². The zero-order chi connectivity index (χ0) is 16.4. The summed E-state index contributed by atoms with van der Waals surface area (Å²) in [6, 6.07) is 11.1. The summed E-state index contributed by atoms with van der Waals surface area (Å²) in [6.07, 6.45) is 2.50. The number of nitrogens with zero attached hydrogens (tertiary/aromatic N) is 1. The van der Waals surface area contributed by atoms with E-state index in [2.05, 4.69) is 11.0 Å². The molecule has 2 aromatic carbocycles. The van der Waals surface area contributed by atoms with Crippen LogP contribution in [0.5, 0.6) is 5.75 Å². The van der Waals surface area contributed by atoms with Crippen LogP contribution in [0, 0.1) is 6.92 Å². The topological polar surface area (TPSA) is 66.6 Å². The van der Waals surface area contributed by atoms with Gasteiger partial charge >= 0.3 is 0 Å². The Morgan fingerprint density at radius 3 is 2.57 bits per heavy atom. The van der Waals surface area contributed by atoms with Crippen LogP contribution in [-0.4, -0.2) is 29.0 Å². The third-order valence-corrected chi connectivity index (χ3v) is 4.40. The van der Waals surface area contributed by atoms with Gasteiger partial charge < -0.3 is 10.8 Å². The molecular formula is C19H22N2O2. The molecule has 4 heteroatoms. The molecular weight excluding hydrogens is 288 g/mol. The van der Waals surface area contributed by atoms with Crippen LogP contribution >= 0.6 is 0 Å². The highest BCUT2D eigenvalue weighted by Crippen LogP contribution is 2.29. The van der Waals surface area contributed by atoms with Crippen molar-refractivity contribution in [1.29, 1.82) is 0 Å². The van der Waals surface area contributed by atoms with Crippen molar-refractivity contribution in [3.63, 3.8) is 0 Å². The fraction of sp³-hybridized carbons (Fsp3) is 0.316. The number of hydrogen-bond acceptors (Lipinski definition) is 3. The average molecular weight is 310 g/mol. The summed E-state index contributed by atoms with van der Waals surface area (Å²) in [5.41, 5.74) is 9.89. The van der Waals surface area contributed by atoms with E-state index in [9.17, 15) is 9.90 Å². The summed E-state index contributed by atoms with van der Waals surface area (Å²) in [6.45, 7) is 5.06. The highest BCUT2D eigenvalue weighted by molar-refractivity contribution is 5.93. The molecule has 1 amide bonds. The lowest BCUT2D eigenvalue weighted by Gasteiger charge is -2.16. The highest BCUT2D eigenvalue weighted by atomic mass is 16.3. The number of likely N-dealkylation sites (tertiary alicyclic amines) is 1. The van der Waals surface area contributed by atoms with Crippen LogP contribution in [0.3, 0.4) is 0 Å². The molecule has 3 N–H and O–H groups in total. The lowest BCUT2D eigenvalue weighted by Crippen LogP contribution is -2.18. The van der Waals surface area contributed by atoms with Gasteiger partial charge in [-0.25, -0.2) is 0 Å². The molecule has 0 aromatic heterocycles. The second kappa shape index (κ2) is 6.42. The standard InChI is InChI=1S/C19H22N2O2/c1-13-8-15(19(20)23)4-5-18(13)16-9-14(10-17(22)11-16)12-21-6-2-3-7-21/h4-5,8-11,22H,2-3,6-7,12H2,1H3,(H2,20,23). The Balaban J connectivity index is 1.92. The first-order valence-electron chi connectivity index (χ1n) is 7.99. The molecule has 4 nitrogen and oxygen atoms in total. The molecule has 0 aliphatic carbocycles. The Kier molecular flexibility index (Phi) is 4.35. The maximum atomic E-state index is 11.3. The molecule has 0 bridgehead atoms. The number of amides is 1. The second-order valence-corrected chi connectivity index (χ2v) is 6.27. The van der Waals surface area contributed by atoms with E-state index < -0.39 is 5.91 Å². The largest absolute Gasteiger partial charge is 0.508 e. The molecule has 0 atom stereocenters. The minimum absolute atomic E-state index is 0.273. The van der Waals surface area contributed by atoms with E-state index in [1.54, 1.807) is 18.2 Å². The molecule has 1 heterocycles. The first-order chi connectivity index (χ1) is 11.0. The first kappa shape index (κ1) is 15.6. The predicted molar refractivity (Wildman–Crippen MR) is 91.3 cm³/mol. The monoisotopic (exact) mass is 310 g/mol. The van der Waals surface area contributed by atoms with Crippen LogP contribution in [0.25, 0.3) is 11.1 Å². The Morgan fingerprint density at radius 1 is 1.17 bits per heavy atom. The van der Waals surface area contributed by atoms with Crippen LogP contribution in [0.15, 0.2) is 36.4 Å². The van der Waals surface area contributed by atoms with E-state index in [1.807, 2.05) is 19.1 Å².